The molecule has 1 heterocycles. The number of fused-ring (bicyclic) bond motifs is 1. The summed E-state index contributed by atoms with van der Waals surface area (Å²) >= 11 is 3.41. The fraction of sp³-hybridized carbons (Fsp3) is 0.200. The van der Waals surface area contributed by atoms with Crippen LogP contribution in [0.5, 0.6) is 0 Å². The van der Waals surface area contributed by atoms with E-state index in [9.17, 15) is 0 Å². The summed E-state index contributed by atoms with van der Waals surface area (Å²) in [6.45, 7) is 0.122. The van der Waals surface area contributed by atoms with Crippen molar-refractivity contribution in [2.24, 2.45) is 0 Å². The van der Waals surface area contributed by atoms with E-state index in [1.54, 1.807) is 0 Å². The van der Waals surface area contributed by atoms with Crippen LogP contribution in [0, 0.1) is 0 Å². The van der Waals surface area contributed by atoms with E-state index in [4.69, 9.17) is 9.52 Å². The minimum Gasteiger partial charge on any atom is -0.460 e. The van der Waals surface area contributed by atoms with Crippen LogP contribution in [-0.4, -0.2) is 11.7 Å². The number of benzene rings is 1. The Morgan fingerprint density at radius 2 is 2.23 bits per heavy atom. The molecular formula is C10H9BrO2. The molecule has 1 aromatic heterocycles. The van der Waals surface area contributed by atoms with Crippen LogP contribution in [0.15, 0.2) is 33.2 Å². The van der Waals surface area contributed by atoms with Gasteiger partial charge in [-0.15, -0.1) is 0 Å². The van der Waals surface area contributed by atoms with Gasteiger partial charge >= 0.3 is 0 Å². The molecule has 0 fully saturated rings. The van der Waals surface area contributed by atoms with Crippen molar-refractivity contribution in [2.45, 2.75) is 6.42 Å². The smallest absolute Gasteiger partial charge is 0.148 e. The number of hydrogen-bond donors (Lipinski definition) is 1. The molecule has 3 heteroatoms. The van der Waals surface area contributed by atoms with Crippen LogP contribution in [0.1, 0.15) is 5.76 Å². The fourth-order valence-corrected chi connectivity index (χ4v) is 1.78. The predicted octanol–water partition coefficient (Wildman–Crippen LogP) is 2.73. The maximum absolute atomic E-state index is 8.74. The number of rotatable bonds is 2. The lowest BCUT2D eigenvalue weighted by Gasteiger charge is -1.90. The highest BCUT2D eigenvalue weighted by molar-refractivity contribution is 9.10. The maximum Gasteiger partial charge on any atom is 0.148 e. The molecule has 0 bridgehead atoms. The predicted molar refractivity (Wildman–Crippen MR) is 54.7 cm³/mol. The highest BCUT2D eigenvalue weighted by Gasteiger charge is 2.05. The van der Waals surface area contributed by atoms with E-state index in [1.807, 2.05) is 24.3 Å². The van der Waals surface area contributed by atoms with Gasteiger partial charge in [0.25, 0.3) is 0 Å². The second kappa shape index (κ2) is 3.52. The average Bonchev–Trinajstić information content (AvgIpc) is 2.49. The molecule has 0 aliphatic carbocycles. The zero-order valence-electron chi connectivity index (χ0n) is 6.96. The van der Waals surface area contributed by atoms with Crippen LogP contribution in [0.25, 0.3) is 11.0 Å². The highest BCUT2D eigenvalue weighted by atomic mass is 79.9. The maximum atomic E-state index is 8.74. The lowest BCUT2D eigenvalue weighted by molar-refractivity contribution is 0.289. The molecule has 0 saturated carbocycles. The van der Waals surface area contributed by atoms with Crippen molar-refractivity contribution in [2.75, 3.05) is 6.61 Å². The summed E-state index contributed by atoms with van der Waals surface area (Å²) < 4.78 is 6.49. The van der Waals surface area contributed by atoms with Crippen LogP contribution >= 0.6 is 15.9 Å². The third kappa shape index (κ3) is 1.62. The Labute approximate surface area is 84.3 Å². The second-order valence-electron chi connectivity index (χ2n) is 2.84. The molecule has 2 nitrogen and oxygen atoms in total. The number of aliphatic hydroxyl groups is 1. The van der Waals surface area contributed by atoms with Gasteiger partial charge in [0.05, 0.1) is 11.1 Å². The van der Waals surface area contributed by atoms with E-state index >= 15 is 0 Å². The van der Waals surface area contributed by atoms with E-state index in [1.165, 1.54) is 0 Å². The van der Waals surface area contributed by atoms with Gasteiger partial charge in [-0.05, 0) is 28.1 Å². The first-order valence-electron chi connectivity index (χ1n) is 4.09. The molecule has 0 aliphatic rings. The van der Waals surface area contributed by atoms with Gasteiger partial charge in [0.1, 0.15) is 11.3 Å². The molecule has 0 spiro atoms. The molecule has 0 saturated heterocycles. The zero-order valence-corrected chi connectivity index (χ0v) is 8.54. The molecule has 2 aromatic rings. The van der Waals surface area contributed by atoms with Crippen molar-refractivity contribution in [1.82, 2.24) is 0 Å². The van der Waals surface area contributed by atoms with E-state index in [2.05, 4.69) is 15.9 Å². The van der Waals surface area contributed by atoms with Gasteiger partial charge in [-0.25, -0.2) is 0 Å². The Kier molecular flexibility index (Phi) is 2.38. The number of furan rings is 1. The Bertz CT molecular complexity index is 420. The Morgan fingerprint density at radius 3 is 2.92 bits per heavy atom. The minimum atomic E-state index is 0.122. The SMILES string of the molecule is OCCc1cc2cccc(Br)c2o1. The van der Waals surface area contributed by atoms with Gasteiger partial charge in [0.2, 0.25) is 0 Å². The molecule has 0 atom stereocenters. The van der Waals surface area contributed by atoms with Crippen LogP contribution in [0.2, 0.25) is 0 Å². The van der Waals surface area contributed by atoms with Crippen LogP contribution < -0.4 is 0 Å². The van der Waals surface area contributed by atoms with Crippen molar-refractivity contribution in [1.29, 1.82) is 0 Å². The summed E-state index contributed by atoms with van der Waals surface area (Å²) in [4.78, 5) is 0. The monoisotopic (exact) mass is 240 g/mol. The molecule has 0 amide bonds. The molecule has 1 N–H and O–H groups in total. The molecule has 2 rings (SSSR count). The summed E-state index contributed by atoms with van der Waals surface area (Å²) in [5.74, 6) is 0.824. The zero-order chi connectivity index (χ0) is 9.26. The van der Waals surface area contributed by atoms with Gasteiger partial charge in [-0.3, -0.25) is 0 Å². The number of hydrogen-bond acceptors (Lipinski definition) is 2. The summed E-state index contributed by atoms with van der Waals surface area (Å²) in [7, 11) is 0. The third-order valence-corrected chi connectivity index (χ3v) is 2.53. The third-order valence-electron chi connectivity index (χ3n) is 1.91. The molecule has 0 aliphatic heterocycles. The van der Waals surface area contributed by atoms with E-state index in [0.29, 0.717) is 6.42 Å². The lowest BCUT2D eigenvalue weighted by atomic mass is 10.2. The largest absolute Gasteiger partial charge is 0.460 e. The highest BCUT2D eigenvalue weighted by Crippen LogP contribution is 2.26. The summed E-state index contributed by atoms with van der Waals surface area (Å²) in [6.07, 6.45) is 0.571. The summed E-state index contributed by atoms with van der Waals surface area (Å²) in [6, 6.07) is 7.85. The summed E-state index contributed by atoms with van der Waals surface area (Å²) in [5.41, 5.74) is 0.853. The van der Waals surface area contributed by atoms with Crippen LogP contribution in [0.4, 0.5) is 0 Å². The normalized spacial score (nSPS) is 10.9. The number of para-hydroxylation sites is 1. The number of aliphatic hydroxyl groups excluding tert-OH is 1. The van der Waals surface area contributed by atoms with E-state index < -0.39 is 0 Å². The Morgan fingerprint density at radius 1 is 1.38 bits per heavy atom. The van der Waals surface area contributed by atoms with Crippen molar-refractivity contribution >= 4 is 26.9 Å². The van der Waals surface area contributed by atoms with Crippen molar-refractivity contribution < 1.29 is 9.52 Å². The standard InChI is InChI=1S/C10H9BrO2/c11-9-3-1-2-7-6-8(4-5-12)13-10(7)9/h1-3,6,12H,4-5H2. The van der Waals surface area contributed by atoms with Crippen molar-refractivity contribution in [3.8, 4) is 0 Å². The van der Waals surface area contributed by atoms with E-state index in [0.717, 1.165) is 21.2 Å². The average molecular weight is 241 g/mol. The van der Waals surface area contributed by atoms with Gasteiger partial charge < -0.3 is 9.52 Å². The Balaban J connectivity index is 2.55. The first-order chi connectivity index (χ1) is 6.31. The van der Waals surface area contributed by atoms with Crippen LogP contribution in [0.3, 0.4) is 0 Å². The number of halogens is 1. The van der Waals surface area contributed by atoms with Gasteiger partial charge in [0.15, 0.2) is 0 Å². The van der Waals surface area contributed by atoms with Gasteiger partial charge in [-0.2, -0.15) is 0 Å². The quantitative estimate of drug-likeness (QED) is 0.876. The topological polar surface area (TPSA) is 33.4 Å². The summed E-state index contributed by atoms with van der Waals surface area (Å²) in [5, 5.41) is 9.81. The molecule has 1 aromatic carbocycles. The molecule has 68 valence electrons. The first kappa shape index (κ1) is 8.78. The van der Waals surface area contributed by atoms with Gasteiger partial charge in [0, 0.05) is 11.8 Å². The van der Waals surface area contributed by atoms with Crippen LogP contribution in [-0.2, 0) is 6.42 Å². The second-order valence-corrected chi connectivity index (χ2v) is 3.70. The minimum absolute atomic E-state index is 0.122. The first-order valence-corrected chi connectivity index (χ1v) is 4.88. The molecule has 13 heavy (non-hydrogen) atoms. The van der Waals surface area contributed by atoms with Crippen molar-refractivity contribution in [3.05, 3.63) is 34.5 Å². The molecular weight excluding hydrogens is 232 g/mol. The van der Waals surface area contributed by atoms with Gasteiger partial charge in [-0.1, -0.05) is 12.1 Å². The Hall–Kier alpha value is -0.800. The van der Waals surface area contributed by atoms with E-state index in [-0.39, 0.29) is 6.61 Å². The van der Waals surface area contributed by atoms with Crippen molar-refractivity contribution in [3.63, 3.8) is 0 Å². The lowest BCUT2D eigenvalue weighted by Crippen LogP contribution is -1.85. The molecule has 0 unspecified atom stereocenters. The fourth-order valence-electron chi connectivity index (χ4n) is 1.31. The molecule has 0 radical (unpaired) electrons.